The molecule has 4 nitrogen and oxygen atoms in total. The second-order valence-corrected chi connectivity index (χ2v) is 7.73. The molecule has 0 spiro atoms. The number of nitrogens with zero attached hydrogens (tertiary/aromatic N) is 1. The van der Waals surface area contributed by atoms with E-state index in [9.17, 15) is 9.59 Å². The molecule has 0 aliphatic carbocycles. The standard InChI is InChI=1S/C21H21ClN2O2/c22-16-7-5-15(6-8-16)13-21(9-11-23-12-10-21)14-24-19(25)17-3-1-2-4-18(17)20(24)26/h1-8,23H,9-14H2. The molecule has 134 valence electrons. The highest BCUT2D eigenvalue weighted by Crippen LogP contribution is 2.36. The van der Waals surface area contributed by atoms with Crippen LogP contribution in [0.5, 0.6) is 0 Å². The summed E-state index contributed by atoms with van der Waals surface area (Å²) in [5, 5.41) is 4.11. The summed E-state index contributed by atoms with van der Waals surface area (Å²) in [4.78, 5) is 27.0. The Hall–Kier alpha value is -2.17. The van der Waals surface area contributed by atoms with Crippen molar-refractivity contribution in [2.75, 3.05) is 19.6 Å². The fourth-order valence-electron chi connectivity index (χ4n) is 4.10. The minimum Gasteiger partial charge on any atom is -0.317 e. The van der Waals surface area contributed by atoms with Crippen molar-refractivity contribution in [2.45, 2.75) is 19.3 Å². The number of fused-ring (bicyclic) bond motifs is 1. The molecule has 0 bridgehead atoms. The smallest absolute Gasteiger partial charge is 0.261 e. The van der Waals surface area contributed by atoms with Crippen LogP contribution in [-0.2, 0) is 6.42 Å². The van der Waals surface area contributed by atoms with E-state index in [1.807, 2.05) is 36.4 Å². The number of benzene rings is 2. The molecule has 0 saturated carbocycles. The van der Waals surface area contributed by atoms with Gasteiger partial charge in [0.1, 0.15) is 0 Å². The maximum Gasteiger partial charge on any atom is 0.261 e. The first kappa shape index (κ1) is 17.3. The number of carbonyl (C=O) groups is 2. The van der Waals surface area contributed by atoms with E-state index in [2.05, 4.69) is 5.32 Å². The van der Waals surface area contributed by atoms with Crippen LogP contribution in [0, 0.1) is 5.41 Å². The molecule has 1 fully saturated rings. The maximum atomic E-state index is 12.8. The van der Waals surface area contributed by atoms with Crippen LogP contribution >= 0.6 is 11.6 Å². The van der Waals surface area contributed by atoms with Gasteiger partial charge in [0.15, 0.2) is 0 Å². The number of nitrogens with one attached hydrogen (secondary N) is 1. The molecule has 5 heteroatoms. The normalized spacial score (nSPS) is 18.9. The number of hydrogen-bond donors (Lipinski definition) is 1. The zero-order chi connectivity index (χ0) is 18.1. The van der Waals surface area contributed by atoms with Crippen molar-refractivity contribution in [3.05, 3.63) is 70.2 Å². The number of halogens is 1. The zero-order valence-corrected chi connectivity index (χ0v) is 15.3. The summed E-state index contributed by atoms with van der Waals surface area (Å²) >= 11 is 6.01. The lowest BCUT2D eigenvalue weighted by Gasteiger charge is -2.40. The number of piperidine rings is 1. The molecule has 4 rings (SSSR count). The molecule has 0 atom stereocenters. The van der Waals surface area contributed by atoms with E-state index < -0.39 is 0 Å². The van der Waals surface area contributed by atoms with Crippen molar-refractivity contribution in [1.82, 2.24) is 10.2 Å². The molecular formula is C21H21ClN2O2. The molecule has 2 aromatic carbocycles. The van der Waals surface area contributed by atoms with Crippen molar-refractivity contribution in [3.63, 3.8) is 0 Å². The van der Waals surface area contributed by atoms with Crippen LogP contribution in [-0.4, -0.2) is 36.3 Å². The maximum absolute atomic E-state index is 12.8. The van der Waals surface area contributed by atoms with Crippen LogP contribution in [0.3, 0.4) is 0 Å². The van der Waals surface area contributed by atoms with Crippen molar-refractivity contribution in [2.24, 2.45) is 5.41 Å². The highest BCUT2D eigenvalue weighted by molar-refractivity contribution is 6.30. The van der Waals surface area contributed by atoms with Gasteiger partial charge in [0.25, 0.3) is 11.8 Å². The van der Waals surface area contributed by atoms with Gasteiger partial charge in [0.05, 0.1) is 11.1 Å². The van der Waals surface area contributed by atoms with Crippen LogP contribution in [0.1, 0.15) is 39.1 Å². The lowest BCUT2D eigenvalue weighted by Crippen LogP contribution is -2.47. The third-order valence-corrected chi connectivity index (χ3v) is 5.78. The summed E-state index contributed by atoms with van der Waals surface area (Å²) in [6.07, 6.45) is 2.70. The Morgan fingerprint density at radius 2 is 1.50 bits per heavy atom. The molecular weight excluding hydrogens is 348 g/mol. The summed E-state index contributed by atoms with van der Waals surface area (Å²) in [5.41, 5.74) is 2.13. The molecule has 0 radical (unpaired) electrons. The number of rotatable bonds is 4. The lowest BCUT2D eigenvalue weighted by atomic mass is 9.73. The largest absolute Gasteiger partial charge is 0.317 e. The number of amides is 2. The average molecular weight is 369 g/mol. The Morgan fingerprint density at radius 1 is 0.923 bits per heavy atom. The Labute approximate surface area is 158 Å². The van der Waals surface area contributed by atoms with Crippen molar-refractivity contribution in [3.8, 4) is 0 Å². The van der Waals surface area contributed by atoms with Crippen LogP contribution in [0.15, 0.2) is 48.5 Å². The van der Waals surface area contributed by atoms with E-state index in [0.717, 1.165) is 32.4 Å². The van der Waals surface area contributed by atoms with Crippen LogP contribution < -0.4 is 5.32 Å². The minimum atomic E-state index is -0.167. The Bertz CT molecular complexity index is 806. The quantitative estimate of drug-likeness (QED) is 0.839. The molecule has 26 heavy (non-hydrogen) atoms. The predicted molar refractivity (Wildman–Crippen MR) is 102 cm³/mol. The summed E-state index contributed by atoms with van der Waals surface area (Å²) in [5.74, 6) is -0.334. The molecule has 1 saturated heterocycles. The van der Waals surface area contributed by atoms with Gasteiger partial charge in [0.2, 0.25) is 0 Å². The SMILES string of the molecule is O=C1c2ccccc2C(=O)N1CC1(Cc2ccc(Cl)cc2)CCNCC1. The van der Waals surface area contributed by atoms with Gasteiger partial charge in [-0.3, -0.25) is 14.5 Å². The van der Waals surface area contributed by atoms with E-state index in [1.165, 1.54) is 10.5 Å². The molecule has 0 aromatic heterocycles. The van der Waals surface area contributed by atoms with Crippen molar-refractivity contribution >= 4 is 23.4 Å². The monoisotopic (exact) mass is 368 g/mol. The molecule has 2 amide bonds. The predicted octanol–water partition coefficient (Wildman–Crippen LogP) is 3.55. The van der Waals surface area contributed by atoms with Gasteiger partial charge in [-0.1, -0.05) is 35.9 Å². The summed E-state index contributed by atoms with van der Waals surface area (Å²) in [7, 11) is 0. The van der Waals surface area contributed by atoms with E-state index in [1.54, 1.807) is 12.1 Å². The second kappa shape index (κ2) is 6.86. The summed E-state index contributed by atoms with van der Waals surface area (Å²) in [6, 6.07) is 15.0. The topological polar surface area (TPSA) is 49.4 Å². The van der Waals surface area contributed by atoms with Crippen LogP contribution in [0.25, 0.3) is 0 Å². The summed E-state index contributed by atoms with van der Waals surface area (Å²) in [6.45, 7) is 2.26. The molecule has 0 unspecified atom stereocenters. The van der Waals surface area contributed by atoms with Crippen molar-refractivity contribution < 1.29 is 9.59 Å². The highest BCUT2D eigenvalue weighted by Gasteiger charge is 2.42. The fourth-order valence-corrected chi connectivity index (χ4v) is 4.23. The van der Waals surface area contributed by atoms with E-state index >= 15 is 0 Å². The molecule has 2 heterocycles. The van der Waals surface area contributed by atoms with E-state index in [4.69, 9.17) is 11.6 Å². The van der Waals surface area contributed by atoms with Gasteiger partial charge in [-0.05, 0) is 67.6 Å². The van der Waals surface area contributed by atoms with Crippen molar-refractivity contribution in [1.29, 1.82) is 0 Å². The van der Waals surface area contributed by atoms with E-state index in [-0.39, 0.29) is 17.2 Å². The van der Waals surface area contributed by atoms with Crippen LogP contribution in [0.4, 0.5) is 0 Å². The second-order valence-electron chi connectivity index (χ2n) is 7.30. The first-order valence-electron chi connectivity index (χ1n) is 8.98. The Kier molecular flexibility index (Phi) is 4.55. The molecule has 1 N–H and O–H groups in total. The van der Waals surface area contributed by atoms with E-state index in [0.29, 0.717) is 22.7 Å². The molecule has 2 aliphatic rings. The van der Waals surface area contributed by atoms with Gasteiger partial charge in [-0.25, -0.2) is 0 Å². The van der Waals surface area contributed by atoms with Gasteiger partial charge in [-0.2, -0.15) is 0 Å². The first-order valence-corrected chi connectivity index (χ1v) is 9.36. The first-order chi connectivity index (χ1) is 12.6. The van der Waals surface area contributed by atoms with Gasteiger partial charge in [-0.15, -0.1) is 0 Å². The van der Waals surface area contributed by atoms with Gasteiger partial charge >= 0.3 is 0 Å². The number of carbonyl (C=O) groups excluding carboxylic acids is 2. The Balaban J connectivity index is 1.61. The lowest BCUT2D eigenvalue weighted by molar-refractivity contribution is 0.0523. The minimum absolute atomic E-state index is 0.105. The number of hydrogen-bond acceptors (Lipinski definition) is 3. The zero-order valence-electron chi connectivity index (χ0n) is 14.5. The number of imide groups is 1. The molecule has 2 aliphatic heterocycles. The van der Waals surface area contributed by atoms with Gasteiger partial charge < -0.3 is 5.32 Å². The summed E-state index contributed by atoms with van der Waals surface area (Å²) < 4.78 is 0. The highest BCUT2D eigenvalue weighted by atomic mass is 35.5. The molecule has 2 aromatic rings. The van der Waals surface area contributed by atoms with Gasteiger partial charge in [0, 0.05) is 11.6 Å². The average Bonchev–Trinajstić information content (AvgIpc) is 2.90. The fraction of sp³-hybridized carbons (Fsp3) is 0.333. The van der Waals surface area contributed by atoms with Crippen LogP contribution in [0.2, 0.25) is 5.02 Å². The third-order valence-electron chi connectivity index (χ3n) is 5.53. The Morgan fingerprint density at radius 3 is 2.08 bits per heavy atom. The third kappa shape index (κ3) is 3.15.